The Morgan fingerprint density at radius 1 is 1.41 bits per heavy atom. The van der Waals surface area contributed by atoms with Crippen LogP contribution in [0.3, 0.4) is 0 Å². The molecule has 8 heteroatoms. The molecule has 0 bridgehead atoms. The Labute approximate surface area is 102 Å². The normalized spacial score (nSPS) is 16.6. The molecule has 2 heterocycles. The van der Waals surface area contributed by atoms with E-state index in [4.69, 9.17) is 10.7 Å². The molecule has 0 aliphatic heterocycles. The first kappa shape index (κ1) is 10.9. The number of rotatable bonds is 2. The van der Waals surface area contributed by atoms with Gasteiger partial charge in [0.2, 0.25) is 0 Å². The molecule has 0 amide bonds. The number of aromatic nitrogens is 4. The fourth-order valence-corrected chi connectivity index (χ4v) is 2.27. The van der Waals surface area contributed by atoms with Gasteiger partial charge in [-0.25, -0.2) is 17.9 Å². The second kappa shape index (κ2) is 3.39. The second-order valence-corrected chi connectivity index (χ2v) is 6.60. The summed E-state index contributed by atoms with van der Waals surface area (Å²) in [6.45, 7) is 1.83. The minimum absolute atomic E-state index is 0.283. The van der Waals surface area contributed by atoms with Crippen LogP contribution in [0, 0.1) is 6.92 Å². The monoisotopic (exact) mass is 272 g/mol. The zero-order valence-corrected chi connectivity index (χ0v) is 10.5. The van der Waals surface area contributed by atoms with E-state index in [9.17, 15) is 8.42 Å². The van der Waals surface area contributed by atoms with Gasteiger partial charge in [0.15, 0.2) is 0 Å². The summed E-state index contributed by atoms with van der Waals surface area (Å²) >= 11 is 0. The first-order valence-electron chi connectivity index (χ1n) is 5.14. The topological polar surface area (TPSA) is 77.2 Å². The van der Waals surface area contributed by atoms with Crippen molar-refractivity contribution in [3.05, 3.63) is 17.5 Å². The average molecular weight is 273 g/mol. The van der Waals surface area contributed by atoms with Gasteiger partial charge in [0.25, 0.3) is 20.0 Å². The number of hydrogen-bond donors (Lipinski definition) is 0. The minimum atomic E-state index is -3.91. The SMILES string of the molecule is Cc1cc(C2CC2)nc2nc(S(=O)(=O)Cl)nn12. The predicted octanol–water partition coefficient (Wildman–Crippen LogP) is 1.24. The third-order valence-corrected chi connectivity index (χ3v) is 3.73. The zero-order valence-electron chi connectivity index (χ0n) is 8.96. The largest absolute Gasteiger partial charge is 0.298 e. The smallest absolute Gasteiger partial charge is 0.216 e. The van der Waals surface area contributed by atoms with Crippen molar-refractivity contribution in [1.82, 2.24) is 19.6 Å². The summed E-state index contributed by atoms with van der Waals surface area (Å²) in [5.41, 5.74) is 1.75. The third-order valence-electron chi connectivity index (χ3n) is 2.70. The maximum absolute atomic E-state index is 11.1. The van der Waals surface area contributed by atoms with Crippen molar-refractivity contribution >= 4 is 25.5 Å². The van der Waals surface area contributed by atoms with E-state index in [1.54, 1.807) is 0 Å². The first-order chi connectivity index (χ1) is 7.95. The highest BCUT2D eigenvalue weighted by Gasteiger charge is 2.27. The highest BCUT2D eigenvalue weighted by Crippen LogP contribution is 2.39. The van der Waals surface area contributed by atoms with Gasteiger partial charge >= 0.3 is 0 Å². The van der Waals surface area contributed by atoms with Crippen molar-refractivity contribution in [2.24, 2.45) is 0 Å². The second-order valence-electron chi connectivity index (χ2n) is 4.14. The maximum atomic E-state index is 11.1. The van der Waals surface area contributed by atoms with E-state index in [0.717, 1.165) is 24.2 Å². The van der Waals surface area contributed by atoms with E-state index in [2.05, 4.69) is 15.1 Å². The van der Waals surface area contributed by atoms with Crippen LogP contribution in [-0.2, 0) is 9.05 Å². The van der Waals surface area contributed by atoms with Gasteiger partial charge in [0.05, 0.1) is 0 Å². The Balaban J connectivity index is 2.24. The lowest BCUT2D eigenvalue weighted by molar-refractivity contribution is 0.600. The summed E-state index contributed by atoms with van der Waals surface area (Å²) in [6.07, 6.45) is 2.24. The van der Waals surface area contributed by atoms with Crippen molar-refractivity contribution in [3.63, 3.8) is 0 Å². The maximum Gasteiger partial charge on any atom is 0.298 e. The molecule has 0 unspecified atom stereocenters. The Kier molecular flexibility index (Phi) is 2.18. The van der Waals surface area contributed by atoms with E-state index in [-0.39, 0.29) is 5.78 Å². The predicted molar refractivity (Wildman–Crippen MR) is 60.5 cm³/mol. The molecule has 6 nitrogen and oxygen atoms in total. The highest BCUT2D eigenvalue weighted by atomic mass is 35.7. The summed E-state index contributed by atoms with van der Waals surface area (Å²) < 4.78 is 23.7. The van der Waals surface area contributed by atoms with Crippen LogP contribution in [0.25, 0.3) is 5.78 Å². The molecule has 1 fully saturated rings. The lowest BCUT2D eigenvalue weighted by atomic mass is 10.2. The Morgan fingerprint density at radius 3 is 2.71 bits per heavy atom. The Morgan fingerprint density at radius 2 is 2.12 bits per heavy atom. The van der Waals surface area contributed by atoms with E-state index in [1.807, 2.05) is 13.0 Å². The van der Waals surface area contributed by atoms with Crippen LogP contribution in [0.5, 0.6) is 0 Å². The van der Waals surface area contributed by atoms with Crippen LogP contribution in [0.1, 0.15) is 30.1 Å². The van der Waals surface area contributed by atoms with Crippen molar-refractivity contribution in [2.45, 2.75) is 30.8 Å². The van der Waals surface area contributed by atoms with Gasteiger partial charge in [0, 0.05) is 28.0 Å². The fourth-order valence-electron chi connectivity index (χ4n) is 1.71. The Bertz CT molecular complexity index is 705. The van der Waals surface area contributed by atoms with Gasteiger partial charge < -0.3 is 0 Å². The number of halogens is 1. The Hall–Kier alpha value is -1.21. The van der Waals surface area contributed by atoms with Crippen LogP contribution in [0.4, 0.5) is 0 Å². The number of fused-ring (bicyclic) bond motifs is 1. The lowest BCUT2D eigenvalue weighted by Crippen LogP contribution is -1.99. The summed E-state index contributed by atoms with van der Waals surface area (Å²) in [7, 11) is 1.29. The van der Waals surface area contributed by atoms with Crippen molar-refractivity contribution in [3.8, 4) is 0 Å². The molecule has 2 aromatic heterocycles. The van der Waals surface area contributed by atoms with Gasteiger partial charge in [-0.1, -0.05) is 0 Å². The zero-order chi connectivity index (χ0) is 12.2. The van der Waals surface area contributed by atoms with Crippen LogP contribution in [-0.4, -0.2) is 28.0 Å². The van der Waals surface area contributed by atoms with Gasteiger partial charge in [0.1, 0.15) is 0 Å². The molecule has 0 radical (unpaired) electrons. The summed E-state index contributed by atoms with van der Waals surface area (Å²) in [6, 6.07) is 1.91. The molecular weight excluding hydrogens is 264 g/mol. The molecule has 1 saturated carbocycles. The van der Waals surface area contributed by atoms with E-state index >= 15 is 0 Å². The van der Waals surface area contributed by atoms with Gasteiger partial charge in [-0.05, 0) is 25.8 Å². The van der Waals surface area contributed by atoms with Gasteiger partial charge in [-0.3, -0.25) is 0 Å². The molecule has 3 rings (SSSR count). The number of hydrogen-bond acceptors (Lipinski definition) is 5. The van der Waals surface area contributed by atoms with Crippen molar-refractivity contribution in [1.29, 1.82) is 0 Å². The number of aryl methyl sites for hydroxylation is 1. The third kappa shape index (κ3) is 1.89. The van der Waals surface area contributed by atoms with E-state index < -0.39 is 14.2 Å². The van der Waals surface area contributed by atoms with Crippen LogP contribution >= 0.6 is 10.7 Å². The van der Waals surface area contributed by atoms with Crippen molar-refractivity contribution in [2.75, 3.05) is 0 Å². The molecule has 0 atom stereocenters. The quantitative estimate of drug-likeness (QED) is 0.769. The van der Waals surface area contributed by atoms with Crippen molar-refractivity contribution < 1.29 is 8.42 Å². The summed E-state index contributed by atoms with van der Waals surface area (Å²) in [5, 5.41) is 3.43. The van der Waals surface area contributed by atoms with Crippen LogP contribution in [0.15, 0.2) is 11.2 Å². The fraction of sp³-hybridized carbons (Fsp3) is 0.444. The summed E-state index contributed by atoms with van der Waals surface area (Å²) in [5.74, 6) is 0.762. The lowest BCUT2D eigenvalue weighted by Gasteiger charge is -2.00. The standard InChI is InChI=1S/C9H9ClN4O2S/c1-5-4-7(6-2-3-6)11-8-12-9(13-14(5)8)17(10,15)16/h4,6H,2-3H2,1H3. The van der Waals surface area contributed by atoms with Gasteiger partial charge in [-0.15, -0.1) is 5.10 Å². The molecule has 0 spiro atoms. The molecule has 17 heavy (non-hydrogen) atoms. The van der Waals surface area contributed by atoms with Crippen LogP contribution in [0.2, 0.25) is 0 Å². The minimum Gasteiger partial charge on any atom is -0.216 e. The van der Waals surface area contributed by atoms with Crippen LogP contribution < -0.4 is 0 Å². The van der Waals surface area contributed by atoms with E-state index in [0.29, 0.717) is 5.92 Å². The average Bonchev–Trinajstić information content (AvgIpc) is 2.96. The molecule has 90 valence electrons. The highest BCUT2D eigenvalue weighted by molar-refractivity contribution is 8.13. The molecule has 0 saturated heterocycles. The van der Waals surface area contributed by atoms with E-state index in [1.165, 1.54) is 4.52 Å². The van der Waals surface area contributed by atoms with Gasteiger partial charge in [-0.2, -0.15) is 4.98 Å². The molecule has 1 aliphatic carbocycles. The number of nitrogens with zero attached hydrogens (tertiary/aromatic N) is 4. The molecule has 2 aromatic rings. The first-order valence-corrected chi connectivity index (χ1v) is 7.45. The molecule has 0 aromatic carbocycles. The molecule has 1 aliphatic rings. The summed E-state index contributed by atoms with van der Waals surface area (Å²) in [4.78, 5) is 8.13. The molecular formula is C9H9ClN4O2S. The molecule has 0 N–H and O–H groups in total.